The Hall–Kier alpha value is -1.50. The summed E-state index contributed by atoms with van der Waals surface area (Å²) in [5.41, 5.74) is 6.53. The fraction of sp³-hybridized carbons (Fsp3) is 0.632. The van der Waals surface area contributed by atoms with E-state index in [0.717, 1.165) is 30.6 Å². The van der Waals surface area contributed by atoms with Gasteiger partial charge in [0.15, 0.2) is 11.5 Å². The molecular weight excluding hydrogens is 356 g/mol. The molecule has 2 rings (SSSR count). The van der Waals surface area contributed by atoms with Gasteiger partial charge >= 0.3 is 0 Å². The van der Waals surface area contributed by atoms with Crippen molar-refractivity contribution in [3.63, 3.8) is 0 Å². The van der Waals surface area contributed by atoms with Crippen LogP contribution in [0.3, 0.4) is 0 Å². The molecular formula is C19H31ClN2O4. The van der Waals surface area contributed by atoms with E-state index >= 15 is 0 Å². The third-order valence-electron chi connectivity index (χ3n) is 4.31. The molecule has 1 heterocycles. The molecule has 0 unspecified atom stereocenters. The molecule has 0 radical (unpaired) electrons. The maximum Gasteiger partial charge on any atom is 0.249 e. The van der Waals surface area contributed by atoms with Crippen LogP contribution in [-0.4, -0.2) is 38.4 Å². The first-order valence-electron chi connectivity index (χ1n) is 8.96. The van der Waals surface area contributed by atoms with Crippen molar-refractivity contribution in [3.05, 3.63) is 23.8 Å². The summed E-state index contributed by atoms with van der Waals surface area (Å²) in [7, 11) is 1.62. The first kappa shape index (κ1) is 22.5. The van der Waals surface area contributed by atoms with Crippen LogP contribution < -0.4 is 20.5 Å². The number of hydrogen-bond acceptors (Lipinski definition) is 5. The SMILES string of the molecule is COc1cc(CNC(=O)[C@@H]2CC[C@H](CN)O2)ccc1OCCC(C)C.Cl. The highest BCUT2D eigenvalue weighted by molar-refractivity contribution is 5.85. The first-order chi connectivity index (χ1) is 12.0. The lowest BCUT2D eigenvalue weighted by molar-refractivity contribution is -0.132. The predicted octanol–water partition coefficient (Wildman–Crippen LogP) is 2.66. The second kappa shape index (κ2) is 11.3. The van der Waals surface area contributed by atoms with Crippen molar-refractivity contribution in [1.82, 2.24) is 5.32 Å². The van der Waals surface area contributed by atoms with Gasteiger partial charge in [-0.15, -0.1) is 12.4 Å². The first-order valence-corrected chi connectivity index (χ1v) is 8.96. The highest BCUT2D eigenvalue weighted by Gasteiger charge is 2.29. The quantitative estimate of drug-likeness (QED) is 0.681. The minimum absolute atomic E-state index is 0. The number of nitrogens with two attached hydrogens (primary N) is 1. The summed E-state index contributed by atoms with van der Waals surface area (Å²) in [6.07, 6.45) is 2.16. The largest absolute Gasteiger partial charge is 0.493 e. The minimum atomic E-state index is -0.394. The van der Waals surface area contributed by atoms with Crippen LogP contribution >= 0.6 is 12.4 Å². The van der Waals surface area contributed by atoms with E-state index in [2.05, 4.69) is 19.2 Å². The summed E-state index contributed by atoms with van der Waals surface area (Å²) < 4.78 is 16.8. The lowest BCUT2D eigenvalue weighted by Crippen LogP contribution is -2.35. The second-order valence-electron chi connectivity index (χ2n) is 6.79. The molecule has 0 aliphatic carbocycles. The van der Waals surface area contributed by atoms with Crippen molar-refractivity contribution < 1.29 is 19.0 Å². The fourth-order valence-electron chi connectivity index (χ4n) is 2.72. The normalized spacial score (nSPS) is 19.1. The molecule has 1 aromatic rings. The van der Waals surface area contributed by atoms with Gasteiger partial charge in [0.05, 0.1) is 19.8 Å². The van der Waals surface area contributed by atoms with Gasteiger partial charge < -0.3 is 25.3 Å². The molecule has 6 nitrogen and oxygen atoms in total. The van der Waals surface area contributed by atoms with Crippen LogP contribution in [-0.2, 0) is 16.1 Å². The molecule has 0 spiro atoms. The number of ether oxygens (including phenoxy) is 3. The third-order valence-corrected chi connectivity index (χ3v) is 4.31. The number of benzene rings is 1. The van der Waals surface area contributed by atoms with Gasteiger partial charge in [-0.3, -0.25) is 4.79 Å². The van der Waals surface area contributed by atoms with Crippen molar-refractivity contribution in [2.45, 2.75) is 51.9 Å². The van der Waals surface area contributed by atoms with Crippen LogP contribution in [0.2, 0.25) is 0 Å². The Bertz CT molecular complexity index is 568. The molecule has 1 aromatic carbocycles. The molecule has 1 fully saturated rings. The van der Waals surface area contributed by atoms with Crippen molar-refractivity contribution in [1.29, 1.82) is 0 Å². The summed E-state index contributed by atoms with van der Waals surface area (Å²) >= 11 is 0. The zero-order valence-electron chi connectivity index (χ0n) is 15.8. The van der Waals surface area contributed by atoms with Gasteiger partial charge in [0.2, 0.25) is 5.91 Å². The molecule has 26 heavy (non-hydrogen) atoms. The molecule has 7 heteroatoms. The molecule has 0 saturated carbocycles. The lowest BCUT2D eigenvalue weighted by atomic mass is 10.1. The number of carbonyl (C=O) groups is 1. The summed E-state index contributed by atoms with van der Waals surface area (Å²) in [4.78, 5) is 12.2. The summed E-state index contributed by atoms with van der Waals surface area (Å²) in [6.45, 7) is 5.87. The Balaban J connectivity index is 0.00000338. The van der Waals surface area contributed by atoms with Crippen LogP contribution in [0.25, 0.3) is 0 Å². The topological polar surface area (TPSA) is 82.8 Å². The Morgan fingerprint density at radius 3 is 2.73 bits per heavy atom. The maximum atomic E-state index is 12.2. The number of nitrogens with one attached hydrogen (secondary N) is 1. The predicted molar refractivity (Wildman–Crippen MR) is 104 cm³/mol. The van der Waals surface area contributed by atoms with Gasteiger partial charge in [0.25, 0.3) is 0 Å². The number of hydrogen-bond donors (Lipinski definition) is 2. The highest BCUT2D eigenvalue weighted by atomic mass is 35.5. The van der Waals surface area contributed by atoms with Crippen LogP contribution in [0, 0.1) is 5.92 Å². The third kappa shape index (κ3) is 6.67. The standard InChI is InChI=1S/C19H30N2O4.ClH/c1-13(2)8-9-24-16-6-4-14(10-18(16)23-3)12-21-19(22)17-7-5-15(11-20)25-17;/h4,6,10,13,15,17H,5,7-9,11-12,20H2,1-3H3,(H,21,22);1H/t15-,17+;/m1./s1. The smallest absolute Gasteiger partial charge is 0.249 e. The van der Waals surface area contributed by atoms with Crippen molar-refractivity contribution >= 4 is 18.3 Å². The maximum absolute atomic E-state index is 12.2. The van der Waals surface area contributed by atoms with E-state index in [1.165, 1.54) is 0 Å². The van der Waals surface area contributed by atoms with Crippen molar-refractivity contribution in [2.24, 2.45) is 11.7 Å². The van der Waals surface area contributed by atoms with Crippen LogP contribution in [0.15, 0.2) is 18.2 Å². The fourth-order valence-corrected chi connectivity index (χ4v) is 2.72. The summed E-state index contributed by atoms with van der Waals surface area (Å²) in [5.74, 6) is 1.91. The number of amides is 1. The van der Waals surface area contributed by atoms with E-state index < -0.39 is 6.10 Å². The summed E-state index contributed by atoms with van der Waals surface area (Å²) in [6, 6.07) is 5.71. The second-order valence-corrected chi connectivity index (χ2v) is 6.79. The van der Waals surface area contributed by atoms with Gasteiger partial charge in [-0.05, 0) is 42.9 Å². The molecule has 0 aromatic heterocycles. The van der Waals surface area contributed by atoms with E-state index in [1.807, 2.05) is 18.2 Å². The molecule has 1 amide bonds. The number of rotatable bonds is 9. The number of methoxy groups -OCH3 is 1. The van der Waals surface area contributed by atoms with Gasteiger partial charge in [-0.25, -0.2) is 0 Å². The monoisotopic (exact) mass is 386 g/mol. The number of halogens is 1. The average Bonchev–Trinajstić information content (AvgIpc) is 3.09. The van der Waals surface area contributed by atoms with Crippen molar-refractivity contribution in [2.75, 3.05) is 20.3 Å². The van der Waals surface area contributed by atoms with Crippen molar-refractivity contribution in [3.8, 4) is 11.5 Å². The Morgan fingerprint density at radius 1 is 1.35 bits per heavy atom. The van der Waals surface area contributed by atoms with E-state index in [1.54, 1.807) is 7.11 Å². The molecule has 148 valence electrons. The number of carbonyl (C=O) groups excluding carboxylic acids is 1. The molecule has 0 bridgehead atoms. The zero-order chi connectivity index (χ0) is 18.2. The highest BCUT2D eigenvalue weighted by Crippen LogP contribution is 2.28. The Labute approximate surface area is 162 Å². The van der Waals surface area contributed by atoms with E-state index in [0.29, 0.717) is 31.4 Å². The summed E-state index contributed by atoms with van der Waals surface area (Å²) in [5, 5.41) is 2.91. The zero-order valence-corrected chi connectivity index (χ0v) is 16.6. The van der Waals surface area contributed by atoms with Crippen LogP contribution in [0.1, 0.15) is 38.7 Å². The molecule has 1 aliphatic rings. The van der Waals surface area contributed by atoms with E-state index in [-0.39, 0.29) is 24.4 Å². The molecule has 2 atom stereocenters. The van der Waals surface area contributed by atoms with Gasteiger partial charge in [-0.1, -0.05) is 19.9 Å². The minimum Gasteiger partial charge on any atom is -0.493 e. The van der Waals surface area contributed by atoms with Crippen LogP contribution in [0.5, 0.6) is 11.5 Å². The lowest BCUT2D eigenvalue weighted by Gasteiger charge is -2.15. The Morgan fingerprint density at radius 2 is 2.12 bits per heavy atom. The Kier molecular flexibility index (Phi) is 9.76. The van der Waals surface area contributed by atoms with Gasteiger partial charge in [0.1, 0.15) is 6.10 Å². The molecule has 1 aliphatic heterocycles. The molecule has 1 saturated heterocycles. The van der Waals surface area contributed by atoms with Gasteiger partial charge in [-0.2, -0.15) is 0 Å². The average molecular weight is 387 g/mol. The van der Waals surface area contributed by atoms with E-state index in [4.69, 9.17) is 19.9 Å². The molecule has 3 N–H and O–H groups in total. The van der Waals surface area contributed by atoms with E-state index in [9.17, 15) is 4.79 Å². The van der Waals surface area contributed by atoms with Gasteiger partial charge in [0, 0.05) is 13.1 Å². The van der Waals surface area contributed by atoms with Crippen LogP contribution in [0.4, 0.5) is 0 Å².